The summed E-state index contributed by atoms with van der Waals surface area (Å²) in [5.74, 6) is 0.545. The van der Waals surface area contributed by atoms with E-state index in [9.17, 15) is 4.79 Å². The molecule has 0 spiro atoms. The zero-order valence-electron chi connectivity index (χ0n) is 7.82. The van der Waals surface area contributed by atoms with Crippen LogP contribution in [0, 0.1) is 5.92 Å². The molecule has 13 heavy (non-hydrogen) atoms. The van der Waals surface area contributed by atoms with E-state index in [0.29, 0.717) is 18.9 Å². The smallest absolute Gasteiger partial charge is 0.249 e. The van der Waals surface area contributed by atoms with Gasteiger partial charge in [-0.3, -0.25) is 9.63 Å². The molecule has 1 saturated carbocycles. The Hall–Kier alpha value is -0.610. The van der Waals surface area contributed by atoms with Gasteiger partial charge in [-0.25, -0.2) is 5.06 Å². The number of hydrogen-bond donors (Lipinski definition) is 1. The first-order chi connectivity index (χ1) is 6.15. The predicted octanol–water partition coefficient (Wildman–Crippen LogP) is 0.311. The quantitative estimate of drug-likeness (QED) is 0.688. The van der Waals surface area contributed by atoms with Crippen molar-refractivity contribution in [2.75, 3.05) is 13.2 Å². The van der Waals surface area contributed by atoms with Gasteiger partial charge in [0, 0.05) is 0 Å². The molecule has 1 atom stereocenters. The molecule has 1 N–H and O–H groups in total. The summed E-state index contributed by atoms with van der Waals surface area (Å²) < 4.78 is 0. The average molecular weight is 185 g/mol. The lowest BCUT2D eigenvalue weighted by atomic mass is 9.97. The highest BCUT2D eigenvalue weighted by Crippen LogP contribution is 2.46. The van der Waals surface area contributed by atoms with E-state index < -0.39 is 0 Å². The van der Waals surface area contributed by atoms with E-state index in [1.165, 1.54) is 5.06 Å². The maximum atomic E-state index is 11.4. The van der Waals surface area contributed by atoms with Crippen molar-refractivity contribution in [3.8, 4) is 0 Å². The SMILES string of the molecule is CC1(C2CC2)CC(=O)N(CCO)O1. The summed E-state index contributed by atoms with van der Waals surface area (Å²) in [4.78, 5) is 17.0. The second-order valence-corrected chi connectivity index (χ2v) is 4.07. The number of hydrogen-bond acceptors (Lipinski definition) is 3. The third kappa shape index (κ3) is 1.56. The van der Waals surface area contributed by atoms with Crippen LogP contribution in [-0.4, -0.2) is 34.8 Å². The largest absolute Gasteiger partial charge is 0.394 e. The van der Waals surface area contributed by atoms with Crippen LogP contribution in [0.5, 0.6) is 0 Å². The van der Waals surface area contributed by atoms with Crippen LogP contribution in [0.3, 0.4) is 0 Å². The number of nitrogens with zero attached hydrogens (tertiary/aromatic N) is 1. The van der Waals surface area contributed by atoms with Crippen molar-refractivity contribution < 1.29 is 14.7 Å². The van der Waals surface area contributed by atoms with E-state index in [-0.39, 0.29) is 18.1 Å². The molecule has 0 aromatic heterocycles. The van der Waals surface area contributed by atoms with Gasteiger partial charge in [0.25, 0.3) is 0 Å². The molecule has 1 aliphatic carbocycles. The third-order valence-electron chi connectivity index (χ3n) is 2.84. The molecule has 2 rings (SSSR count). The van der Waals surface area contributed by atoms with Gasteiger partial charge >= 0.3 is 0 Å². The lowest BCUT2D eigenvalue weighted by Gasteiger charge is -2.23. The number of aliphatic hydroxyl groups is 1. The molecule has 1 aliphatic heterocycles. The molecule has 4 heteroatoms. The summed E-state index contributed by atoms with van der Waals surface area (Å²) in [5, 5.41) is 10.00. The highest BCUT2D eigenvalue weighted by Gasteiger charge is 2.50. The zero-order chi connectivity index (χ0) is 9.47. The molecule has 0 aromatic rings. The molecule has 0 aromatic carbocycles. The van der Waals surface area contributed by atoms with Gasteiger partial charge in [-0.15, -0.1) is 0 Å². The van der Waals surface area contributed by atoms with Crippen LogP contribution in [0.1, 0.15) is 26.2 Å². The average Bonchev–Trinajstić information content (AvgIpc) is 2.82. The summed E-state index contributed by atoms with van der Waals surface area (Å²) in [7, 11) is 0. The summed E-state index contributed by atoms with van der Waals surface area (Å²) >= 11 is 0. The summed E-state index contributed by atoms with van der Waals surface area (Å²) in [6.07, 6.45) is 2.80. The monoisotopic (exact) mass is 185 g/mol. The van der Waals surface area contributed by atoms with Gasteiger partial charge < -0.3 is 5.11 Å². The molecule has 1 amide bonds. The molecule has 1 saturated heterocycles. The fourth-order valence-corrected chi connectivity index (χ4v) is 1.90. The Morgan fingerprint density at radius 3 is 2.92 bits per heavy atom. The van der Waals surface area contributed by atoms with Crippen molar-refractivity contribution in [3.63, 3.8) is 0 Å². The molecule has 0 radical (unpaired) electrons. The highest BCUT2D eigenvalue weighted by molar-refractivity contribution is 5.78. The van der Waals surface area contributed by atoms with Gasteiger partial charge in [0.2, 0.25) is 5.91 Å². The number of hydroxylamine groups is 2. The maximum absolute atomic E-state index is 11.4. The summed E-state index contributed by atoms with van der Waals surface area (Å²) in [6.45, 7) is 2.24. The van der Waals surface area contributed by atoms with Crippen molar-refractivity contribution in [2.45, 2.75) is 31.8 Å². The molecule has 1 heterocycles. The normalized spacial score (nSPS) is 34.3. The number of aliphatic hydroxyl groups excluding tert-OH is 1. The molecule has 74 valence electrons. The Labute approximate surface area is 77.4 Å². The predicted molar refractivity (Wildman–Crippen MR) is 45.6 cm³/mol. The van der Waals surface area contributed by atoms with Gasteiger partial charge in [0.15, 0.2) is 0 Å². The molecule has 2 aliphatic rings. The fourth-order valence-electron chi connectivity index (χ4n) is 1.90. The van der Waals surface area contributed by atoms with E-state index in [0.717, 1.165) is 12.8 Å². The van der Waals surface area contributed by atoms with Gasteiger partial charge in [-0.1, -0.05) is 0 Å². The van der Waals surface area contributed by atoms with E-state index in [4.69, 9.17) is 9.94 Å². The van der Waals surface area contributed by atoms with Crippen LogP contribution in [0.4, 0.5) is 0 Å². The first-order valence-electron chi connectivity index (χ1n) is 4.76. The number of rotatable bonds is 3. The maximum Gasteiger partial charge on any atom is 0.249 e. The standard InChI is InChI=1S/C9H15NO3/c1-9(7-2-3-7)6-8(12)10(13-9)4-5-11/h7,11H,2-6H2,1H3. The first kappa shape index (κ1) is 8.97. The molecule has 2 fully saturated rings. The van der Waals surface area contributed by atoms with E-state index in [1.54, 1.807) is 0 Å². The van der Waals surface area contributed by atoms with Crippen molar-refractivity contribution in [1.82, 2.24) is 5.06 Å². The van der Waals surface area contributed by atoms with Crippen molar-refractivity contribution in [3.05, 3.63) is 0 Å². The van der Waals surface area contributed by atoms with Crippen molar-refractivity contribution in [2.24, 2.45) is 5.92 Å². The first-order valence-corrected chi connectivity index (χ1v) is 4.76. The van der Waals surface area contributed by atoms with Crippen LogP contribution >= 0.6 is 0 Å². The second-order valence-electron chi connectivity index (χ2n) is 4.07. The number of β-amino-alcohol motifs (C(OH)–C–C–N with tert-alkyl or cyclic N) is 1. The number of carbonyl (C=O) groups is 1. The van der Waals surface area contributed by atoms with Gasteiger partial charge in [-0.2, -0.15) is 0 Å². The Morgan fingerprint density at radius 2 is 2.38 bits per heavy atom. The molecule has 4 nitrogen and oxygen atoms in total. The van der Waals surface area contributed by atoms with Crippen molar-refractivity contribution >= 4 is 5.91 Å². The van der Waals surface area contributed by atoms with Crippen LogP contribution in [0.2, 0.25) is 0 Å². The Kier molecular flexibility index (Phi) is 2.04. The lowest BCUT2D eigenvalue weighted by molar-refractivity contribution is -0.202. The minimum atomic E-state index is -0.285. The highest BCUT2D eigenvalue weighted by atomic mass is 16.7. The Balaban J connectivity index is 2.00. The number of carbonyl (C=O) groups excluding carboxylic acids is 1. The van der Waals surface area contributed by atoms with E-state index >= 15 is 0 Å². The minimum absolute atomic E-state index is 0.00319. The Morgan fingerprint density at radius 1 is 1.69 bits per heavy atom. The number of amides is 1. The fraction of sp³-hybridized carbons (Fsp3) is 0.889. The Bertz CT molecular complexity index is 227. The minimum Gasteiger partial charge on any atom is -0.394 e. The zero-order valence-corrected chi connectivity index (χ0v) is 7.82. The summed E-state index contributed by atoms with van der Waals surface area (Å²) in [5.41, 5.74) is -0.285. The summed E-state index contributed by atoms with van der Waals surface area (Å²) in [6, 6.07) is 0. The third-order valence-corrected chi connectivity index (χ3v) is 2.84. The van der Waals surface area contributed by atoms with E-state index in [2.05, 4.69) is 0 Å². The van der Waals surface area contributed by atoms with Gasteiger partial charge in [-0.05, 0) is 25.7 Å². The molecule has 1 unspecified atom stereocenters. The van der Waals surface area contributed by atoms with Gasteiger partial charge in [0.05, 0.1) is 19.6 Å². The van der Waals surface area contributed by atoms with Crippen LogP contribution in [0.15, 0.2) is 0 Å². The molecular weight excluding hydrogens is 170 g/mol. The van der Waals surface area contributed by atoms with Crippen LogP contribution < -0.4 is 0 Å². The van der Waals surface area contributed by atoms with Gasteiger partial charge in [0.1, 0.15) is 5.60 Å². The van der Waals surface area contributed by atoms with Crippen LogP contribution in [-0.2, 0) is 9.63 Å². The molecular formula is C9H15NO3. The van der Waals surface area contributed by atoms with E-state index in [1.807, 2.05) is 6.92 Å². The van der Waals surface area contributed by atoms with Crippen LogP contribution in [0.25, 0.3) is 0 Å². The van der Waals surface area contributed by atoms with Crippen molar-refractivity contribution in [1.29, 1.82) is 0 Å². The topological polar surface area (TPSA) is 49.8 Å². The second kappa shape index (κ2) is 2.96. The lowest BCUT2D eigenvalue weighted by Crippen LogP contribution is -2.31. The molecule has 0 bridgehead atoms.